The number of aryl methyl sites for hydroxylation is 4. The molecule has 2 unspecified atom stereocenters. The Morgan fingerprint density at radius 2 is 1.39 bits per heavy atom. The van der Waals surface area contributed by atoms with Gasteiger partial charge >= 0.3 is 6.09 Å². The third kappa shape index (κ3) is 7.77. The highest BCUT2D eigenvalue weighted by Crippen LogP contribution is 2.38. The van der Waals surface area contributed by atoms with Gasteiger partial charge in [-0.2, -0.15) is 0 Å². The molecule has 8 nitrogen and oxygen atoms in total. The molecular weight excluding hydrogens is 633 g/mol. The van der Waals surface area contributed by atoms with E-state index in [1.54, 1.807) is 4.90 Å². The number of rotatable bonds is 7. The first kappa shape index (κ1) is 36.0. The fraction of sp³-hybridized carbons (Fsp3) is 0.465. The minimum absolute atomic E-state index is 0.00323. The van der Waals surface area contributed by atoms with Crippen LogP contribution in [0.25, 0.3) is 22.5 Å². The molecule has 1 fully saturated rings. The van der Waals surface area contributed by atoms with Gasteiger partial charge in [0, 0.05) is 45.7 Å². The zero-order chi connectivity index (χ0) is 36.6. The maximum Gasteiger partial charge on any atom is 0.410 e. The third-order valence-corrected chi connectivity index (χ3v) is 10.7. The van der Waals surface area contributed by atoms with Gasteiger partial charge in [0.25, 0.3) is 0 Å². The third-order valence-electron chi connectivity index (χ3n) is 10.7. The maximum atomic E-state index is 13.2. The summed E-state index contributed by atoms with van der Waals surface area (Å²) in [5.41, 5.74) is 10.8. The van der Waals surface area contributed by atoms with Crippen LogP contribution >= 0.6 is 0 Å². The minimum atomic E-state index is -0.562. The number of nitrogens with zero attached hydrogens (tertiary/aromatic N) is 3. The van der Waals surface area contributed by atoms with Crippen molar-refractivity contribution in [3.05, 3.63) is 81.7 Å². The van der Waals surface area contributed by atoms with Crippen LogP contribution in [0, 0.1) is 42.4 Å². The SMILES string of the molecule is C#C.CC1C(NCc2nc3c([nH]2)CCc2cc(C#Cc4ccc5c(c4)CCc4[nH]c(CN(C(=O)OC(C)(C)C)[C@H](C)C(C)C)nc4-5)ccc2-3)[C@@H]1C. The Labute approximate surface area is 303 Å². The zero-order valence-electron chi connectivity index (χ0n) is 31.4. The molecule has 2 heterocycles. The van der Waals surface area contributed by atoms with Gasteiger partial charge in [0.15, 0.2) is 0 Å². The molecule has 3 aliphatic carbocycles. The lowest BCUT2D eigenvalue weighted by atomic mass is 9.90. The Bertz CT molecular complexity index is 1990. The number of hydrogen-bond donors (Lipinski definition) is 3. The normalized spacial score (nSPS) is 18.8. The first-order valence-corrected chi connectivity index (χ1v) is 18.3. The van der Waals surface area contributed by atoms with Gasteiger partial charge in [-0.1, -0.05) is 51.7 Å². The number of aromatic amines is 2. The van der Waals surface area contributed by atoms with Crippen LogP contribution in [0.4, 0.5) is 4.79 Å². The summed E-state index contributed by atoms with van der Waals surface area (Å²) in [4.78, 5) is 32.1. The van der Waals surface area contributed by atoms with Crippen LogP contribution in [-0.4, -0.2) is 48.6 Å². The zero-order valence-corrected chi connectivity index (χ0v) is 31.4. The molecule has 8 heteroatoms. The molecule has 4 atom stereocenters. The molecular formula is C43H52N6O2. The lowest BCUT2D eigenvalue weighted by molar-refractivity contribution is 0.0104. The lowest BCUT2D eigenvalue weighted by Crippen LogP contribution is -2.44. The summed E-state index contributed by atoms with van der Waals surface area (Å²) in [6.45, 7) is 17.8. The number of carbonyl (C=O) groups excluding carboxylic acids is 1. The van der Waals surface area contributed by atoms with Crippen molar-refractivity contribution in [3.8, 4) is 47.2 Å². The smallest absolute Gasteiger partial charge is 0.410 e. The van der Waals surface area contributed by atoms with Gasteiger partial charge in [-0.3, -0.25) is 4.90 Å². The van der Waals surface area contributed by atoms with E-state index in [2.05, 4.69) is 111 Å². The van der Waals surface area contributed by atoms with Gasteiger partial charge in [0.2, 0.25) is 0 Å². The van der Waals surface area contributed by atoms with Crippen molar-refractivity contribution in [2.75, 3.05) is 0 Å². The predicted octanol–water partition coefficient (Wildman–Crippen LogP) is 7.84. The molecule has 4 aromatic rings. The minimum Gasteiger partial charge on any atom is -0.444 e. The van der Waals surface area contributed by atoms with E-state index in [1.807, 2.05) is 20.8 Å². The average molecular weight is 685 g/mol. The molecule has 1 saturated carbocycles. The first-order chi connectivity index (χ1) is 24.3. The van der Waals surface area contributed by atoms with E-state index in [0.29, 0.717) is 12.6 Å². The van der Waals surface area contributed by atoms with E-state index in [0.717, 1.165) is 89.5 Å². The summed E-state index contributed by atoms with van der Waals surface area (Å²) in [6.07, 6.45) is 11.4. The number of benzene rings is 2. The topological polar surface area (TPSA) is 98.9 Å². The highest BCUT2D eigenvalue weighted by Gasteiger charge is 2.42. The molecule has 3 aliphatic rings. The molecule has 2 aromatic heterocycles. The van der Waals surface area contributed by atoms with E-state index in [-0.39, 0.29) is 18.1 Å². The van der Waals surface area contributed by atoms with Gasteiger partial charge in [-0.25, -0.2) is 14.8 Å². The van der Waals surface area contributed by atoms with Gasteiger partial charge in [0.05, 0.1) is 24.5 Å². The summed E-state index contributed by atoms with van der Waals surface area (Å²) in [5.74, 6) is 10.4. The molecule has 1 amide bonds. The second kappa shape index (κ2) is 14.4. The summed E-state index contributed by atoms with van der Waals surface area (Å²) < 4.78 is 5.76. The van der Waals surface area contributed by atoms with Crippen LogP contribution in [0.15, 0.2) is 36.4 Å². The summed E-state index contributed by atoms with van der Waals surface area (Å²) >= 11 is 0. The van der Waals surface area contributed by atoms with E-state index in [1.165, 1.54) is 22.4 Å². The number of fused-ring (bicyclic) bond motifs is 6. The van der Waals surface area contributed by atoms with Crippen molar-refractivity contribution in [1.29, 1.82) is 0 Å². The number of hydrogen-bond acceptors (Lipinski definition) is 5. The largest absolute Gasteiger partial charge is 0.444 e. The quantitative estimate of drug-likeness (QED) is 0.172. The van der Waals surface area contributed by atoms with Crippen molar-refractivity contribution in [3.63, 3.8) is 0 Å². The van der Waals surface area contributed by atoms with Crippen molar-refractivity contribution in [1.82, 2.24) is 30.2 Å². The van der Waals surface area contributed by atoms with Crippen LogP contribution in [-0.2, 0) is 43.5 Å². The monoisotopic (exact) mass is 684 g/mol. The maximum absolute atomic E-state index is 13.2. The van der Waals surface area contributed by atoms with E-state index in [4.69, 9.17) is 14.7 Å². The Morgan fingerprint density at radius 1 is 0.882 bits per heavy atom. The van der Waals surface area contributed by atoms with Crippen LogP contribution in [0.3, 0.4) is 0 Å². The van der Waals surface area contributed by atoms with Crippen LogP contribution in [0.5, 0.6) is 0 Å². The molecule has 7 rings (SSSR count). The van der Waals surface area contributed by atoms with Crippen molar-refractivity contribution < 1.29 is 9.53 Å². The Kier molecular flexibility index (Phi) is 10.2. The number of aromatic nitrogens is 4. The predicted molar refractivity (Wildman–Crippen MR) is 204 cm³/mol. The molecule has 266 valence electrons. The Hall–Kier alpha value is -4.79. The summed E-state index contributed by atoms with van der Waals surface area (Å²) in [6, 6.07) is 13.6. The van der Waals surface area contributed by atoms with Gasteiger partial charge in [-0.05, 0) is 107 Å². The molecule has 0 spiro atoms. The van der Waals surface area contributed by atoms with E-state index < -0.39 is 5.60 Å². The first-order valence-electron chi connectivity index (χ1n) is 18.3. The fourth-order valence-electron chi connectivity index (χ4n) is 7.24. The summed E-state index contributed by atoms with van der Waals surface area (Å²) in [5, 5.41) is 3.66. The van der Waals surface area contributed by atoms with Gasteiger partial charge in [0.1, 0.15) is 17.2 Å². The number of imidazole rings is 2. The number of ether oxygens (including phenoxy) is 1. The number of carbonyl (C=O) groups is 1. The van der Waals surface area contributed by atoms with Crippen molar-refractivity contribution in [2.45, 2.75) is 112 Å². The van der Waals surface area contributed by atoms with Crippen LogP contribution in [0.1, 0.15) is 101 Å². The number of nitrogens with one attached hydrogen (secondary N) is 3. The average Bonchev–Trinajstić information content (AvgIpc) is 3.42. The molecule has 0 radical (unpaired) electrons. The Balaban J connectivity index is 0.00000220. The highest BCUT2D eigenvalue weighted by atomic mass is 16.6. The van der Waals surface area contributed by atoms with E-state index >= 15 is 0 Å². The molecule has 2 aromatic carbocycles. The number of terminal acetylenes is 1. The number of amides is 1. The van der Waals surface area contributed by atoms with E-state index in [9.17, 15) is 4.79 Å². The summed E-state index contributed by atoms with van der Waals surface area (Å²) in [7, 11) is 0. The van der Waals surface area contributed by atoms with Crippen molar-refractivity contribution >= 4 is 6.09 Å². The fourth-order valence-corrected chi connectivity index (χ4v) is 7.24. The molecule has 51 heavy (non-hydrogen) atoms. The van der Waals surface area contributed by atoms with Gasteiger partial charge in [-0.15, -0.1) is 12.8 Å². The van der Waals surface area contributed by atoms with Crippen LogP contribution < -0.4 is 5.32 Å². The lowest BCUT2D eigenvalue weighted by Gasteiger charge is -2.33. The van der Waals surface area contributed by atoms with Crippen LogP contribution in [0.2, 0.25) is 0 Å². The molecule has 3 N–H and O–H groups in total. The van der Waals surface area contributed by atoms with Gasteiger partial charge < -0.3 is 20.0 Å². The molecule has 0 aliphatic heterocycles. The highest BCUT2D eigenvalue weighted by molar-refractivity contribution is 5.72. The Morgan fingerprint density at radius 3 is 1.88 bits per heavy atom. The standard InChI is InChI=1S/C41H50N6O2.C2H2/c1-23(2)26(5)47(40(48)49-41(6,7)8)22-36-44-34-18-14-30-20-28(12-16-32(30)39(34)46-36)10-9-27-11-15-31-29(19-27)13-17-33-38(31)45-35(43-33)21-42-37-24(3)25(37)4;1-2/h11-12,15-16,19-20,23-26,37,42H,13-14,17-18,21-22H2,1-8H3,(H,43,45)(H,44,46);1-2H/t24-,25?,26-,37?;/m1./s1. The molecule has 0 saturated heterocycles. The van der Waals surface area contributed by atoms with Crippen molar-refractivity contribution in [2.24, 2.45) is 17.8 Å². The second-order valence-electron chi connectivity index (χ2n) is 15.7. The molecule has 0 bridgehead atoms. The number of H-pyrrole nitrogens is 2. The second-order valence-corrected chi connectivity index (χ2v) is 15.7.